The lowest BCUT2D eigenvalue weighted by atomic mass is 10.2. The van der Waals surface area contributed by atoms with Crippen molar-refractivity contribution in [2.24, 2.45) is 0 Å². The fourth-order valence-corrected chi connectivity index (χ4v) is 3.37. The third-order valence-corrected chi connectivity index (χ3v) is 5.93. The highest BCUT2D eigenvalue weighted by Crippen LogP contribution is 2.35. The van der Waals surface area contributed by atoms with Crippen LogP contribution in [-0.2, 0) is 22.7 Å². The standard InChI is InChI=1S/C20H20F3N7O5S/c1-30(36(3,33)34)17-14(24-6-7-25-17)10-26-16-12(20(21,22)23)9-27-19(29-16)28-13-5-4-11(18(31)32)8-15(13)35-2/h4-9H,10H2,1-3H3,(H,31,32)(H2,26,27,28,29). The van der Waals surface area contributed by atoms with Gasteiger partial charge in [0.1, 0.15) is 22.8 Å². The Morgan fingerprint density at radius 1 is 1.19 bits per heavy atom. The molecule has 3 aromatic rings. The Kier molecular flexibility index (Phi) is 7.47. The molecule has 0 amide bonds. The summed E-state index contributed by atoms with van der Waals surface area (Å²) in [4.78, 5) is 26.7. The van der Waals surface area contributed by atoms with E-state index >= 15 is 0 Å². The van der Waals surface area contributed by atoms with Gasteiger partial charge in [0.05, 0.1) is 31.2 Å². The summed E-state index contributed by atoms with van der Waals surface area (Å²) in [6.45, 7) is -0.348. The van der Waals surface area contributed by atoms with Crippen LogP contribution in [0.2, 0.25) is 0 Å². The first-order valence-electron chi connectivity index (χ1n) is 9.91. The maximum atomic E-state index is 13.6. The van der Waals surface area contributed by atoms with Crippen molar-refractivity contribution >= 4 is 39.3 Å². The molecule has 16 heteroatoms. The number of aromatic carboxylic acids is 1. The number of carbonyl (C=O) groups is 1. The predicted octanol–water partition coefficient (Wildman–Crippen LogP) is 2.74. The summed E-state index contributed by atoms with van der Waals surface area (Å²) in [5.74, 6) is -2.03. The summed E-state index contributed by atoms with van der Waals surface area (Å²) >= 11 is 0. The zero-order chi connectivity index (χ0) is 26.7. The van der Waals surface area contributed by atoms with Crippen molar-refractivity contribution in [1.82, 2.24) is 19.9 Å². The third kappa shape index (κ3) is 6.07. The Balaban J connectivity index is 1.94. The molecule has 2 heterocycles. The molecule has 0 radical (unpaired) electrons. The number of nitrogens with zero attached hydrogens (tertiary/aromatic N) is 5. The minimum absolute atomic E-state index is 0.0533. The van der Waals surface area contributed by atoms with Gasteiger partial charge in [-0.3, -0.25) is 9.29 Å². The maximum Gasteiger partial charge on any atom is 0.421 e. The fourth-order valence-electron chi connectivity index (χ4n) is 2.90. The molecule has 0 fully saturated rings. The van der Waals surface area contributed by atoms with Crippen LogP contribution >= 0.6 is 0 Å². The molecule has 36 heavy (non-hydrogen) atoms. The zero-order valence-corrected chi connectivity index (χ0v) is 19.8. The maximum absolute atomic E-state index is 13.6. The largest absolute Gasteiger partial charge is 0.495 e. The molecule has 3 N–H and O–H groups in total. The van der Waals surface area contributed by atoms with Gasteiger partial charge in [-0.1, -0.05) is 0 Å². The Labute approximate surface area is 203 Å². The molecule has 3 rings (SSSR count). The number of rotatable bonds is 9. The summed E-state index contributed by atoms with van der Waals surface area (Å²) in [6, 6.07) is 3.84. The van der Waals surface area contributed by atoms with Gasteiger partial charge in [0.2, 0.25) is 16.0 Å². The summed E-state index contributed by atoms with van der Waals surface area (Å²) in [5.41, 5.74) is -0.980. The number of nitrogens with one attached hydrogen (secondary N) is 2. The van der Waals surface area contributed by atoms with Crippen LogP contribution in [0.1, 0.15) is 21.6 Å². The number of carboxylic acid groups (broad SMARTS) is 1. The molecule has 0 spiro atoms. The number of aromatic nitrogens is 4. The lowest BCUT2D eigenvalue weighted by Gasteiger charge is -2.19. The average Bonchev–Trinajstić information content (AvgIpc) is 2.81. The smallest absolute Gasteiger partial charge is 0.421 e. The molecule has 2 aromatic heterocycles. The van der Waals surface area contributed by atoms with Crippen molar-refractivity contribution in [2.45, 2.75) is 12.7 Å². The van der Waals surface area contributed by atoms with Crippen LogP contribution in [0.15, 0.2) is 36.8 Å². The molecular formula is C20H20F3N7O5S. The van der Waals surface area contributed by atoms with E-state index in [1.54, 1.807) is 0 Å². The van der Waals surface area contributed by atoms with Gasteiger partial charge < -0.3 is 20.5 Å². The molecule has 0 saturated carbocycles. The second-order valence-corrected chi connectivity index (χ2v) is 9.22. The topological polar surface area (TPSA) is 160 Å². The molecule has 12 nitrogen and oxygen atoms in total. The number of halogens is 3. The van der Waals surface area contributed by atoms with E-state index in [1.165, 1.54) is 44.8 Å². The van der Waals surface area contributed by atoms with Crippen LogP contribution in [-0.4, -0.2) is 59.8 Å². The molecule has 0 aliphatic heterocycles. The fraction of sp³-hybridized carbons (Fsp3) is 0.250. The number of hydrogen-bond donors (Lipinski definition) is 3. The first kappa shape index (κ1) is 26.4. The lowest BCUT2D eigenvalue weighted by Crippen LogP contribution is -2.27. The number of ether oxygens (including phenoxy) is 1. The van der Waals surface area contributed by atoms with Gasteiger partial charge in [-0.05, 0) is 18.2 Å². The van der Waals surface area contributed by atoms with E-state index in [0.29, 0.717) is 6.20 Å². The SMILES string of the molecule is COc1cc(C(=O)O)ccc1Nc1ncc(C(F)(F)F)c(NCc2nccnc2N(C)S(C)(=O)=O)n1. The van der Waals surface area contributed by atoms with Crippen LogP contribution < -0.4 is 19.7 Å². The van der Waals surface area contributed by atoms with E-state index in [4.69, 9.17) is 9.84 Å². The number of hydrogen-bond acceptors (Lipinski definition) is 10. The van der Waals surface area contributed by atoms with E-state index in [0.717, 1.165) is 10.6 Å². The second kappa shape index (κ2) is 10.2. The number of benzene rings is 1. The Morgan fingerprint density at radius 2 is 1.89 bits per heavy atom. The monoisotopic (exact) mass is 527 g/mol. The van der Waals surface area contributed by atoms with Crippen molar-refractivity contribution < 1.29 is 36.2 Å². The van der Waals surface area contributed by atoms with E-state index in [9.17, 15) is 26.4 Å². The Bertz CT molecular complexity index is 1390. The predicted molar refractivity (Wildman–Crippen MR) is 123 cm³/mol. The first-order valence-corrected chi connectivity index (χ1v) is 11.8. The molecule has 1 aromatic carbocycles. The van der Waals surface area contributed by atoms with Gasteiger partial charge in [0, 0.05) is 25.6 Å². The van der Waals surface area contributed by atoms with E-state index in [-0.39, 0.29) is 41.0 Å². The molecule has 0 saturated heterocycles. The highest BCUT2D eigenvalue weighted by Gasteiger charge is 2.35. The number of carboxylic acids is 1. The minimum atomic E-state index is -4.81. The number of alkyl halides is 3. The third-order valence-electron chi connectivity index (χ3n) is 4.76. The highest BCUT2D eigenvalue weighted by molar-refractivity contribution is 7.92. The molecule has 192 valence electrons. The number of methoxy groups -OCH3 is 1. The van der Waals surface area contributed by atoms with Crippen molar-refractivity contribution in [2.75, 3.05) is 35.4 Å². The molecule has 0 atom stereocenters. The van der Waals surface area contributed by atoms with Gasteiger partial charge in [0.25, 0.3) is 0 Å². The van der Waals surface area contributed by atoms with Gasteiger partial charge in [-0.2, -0.15) is 18.2 Å². The van der Waals surface area contributed by atoms with E-state index in [2.05, 4.69) is 30.6 Å². The second-order valence-electron chi connectivity index (χ2n) is 7.21. The van der Waals surface area contributed by atoms with Crippen LogP contribution in [0.5, 0.6) is 5.75 Å². The van der Waals surface area contributed by atoms with Gasteiger partial charge in [0.15, 0.2) is 5.82 Å². The lowest BCUT2D eigenvalue weighted by molar-refractivity contribution is -0.137. The van der Waals surface area contributed by atoms with Crippen molar-refractivity contribution in [3.05, 3.63) is 53.6 Å². The van der Waals surface area contributed by atoms with Crippen LogP contribution in [0.3, 0.4) is 0 Å². The van der Waals surface area contributed by atoms with E-state index < -0.39 is 33.6 Å². The van der Waals surface area contributed by atoms with Crippen molar-refractivity contribution in [3.63, 3.8) is 0 Å². The molecular weight excluding hydrogens is 507 g/mol. The van der Waals surface area contributed by atoms with Crippen molar-refractivity contribution in [1.29, 1.82) is 0 Å². The van der Waals surface area contributed by atoms with Gasteiger partial charge >= 0.3 is 12.1 Å². The highest BCUT2D eigenvalue weighted by atomic mass is 32.2. The van der Waals surface area contributed by atoms with Gasteiger partial charge in [-0.25, -0.2) is 23.2 Å². The molecule has 0 aliphatic rings. The van der Waals surface area contributed by atoms with Crippen LogP contribution in [0, 0.1) is 0 Å². The first-order chi connectivity index (χ1) is 16.8. The summed E-state index contributed by atoms with van der Waals surface area (Å²) in [6.07, 6.45) is -0.786. The van der Waals surface area contributed by atoms with E-state index in [1.807, 2.05) is 0 Å². The molecule has 0 bridgehead atoms. The average molecular weight is 527 g/mol. The van der Waals surface area contributed by atoms with Crippen LogP contribution in [0.4, 0.5) is 36.4 Å². The van der Waals surface area contributed by atoms with Gasteiger partial charge in [-0.15, -0.1) is 0 Å². The molecule has 0 unspecified atom stereocenters. The Hall–Kier alpha value is -4.21. The molecule has 0 aliphatic carbocycles. The normalized spacial score (nSPS) is 11.6. The van der Waals surface area contributed by atoms with Crippen LogP contribution in [0.25, 0.3) is 0 Å². The summed E-state index contributed by atoms with van der Waals surface area (Å²) in [7, 11) is -1.18. The quantitative estimate of drug-likeness (QED) is 0.375. The number of sulfonamides is 1. The summed E-state index contributed by atoms with van der Waals surface area (Å²) < 4.78 is 70.6. The Morgan fingerprint density at radius 3 is 2.50 bits per heavy atom. The summed E-state index contributed by atoms with van der Waals surface area (Å²) in [5, 5.41) is 14.3. The zero-order valence-electron chi connectivity index (χ0n) is 19.0. The van der Waals surface area contributed by atoms with Crippen molar-refractivity contribution in [3.8, 4) is 5.75 Å². The number of anilines is 4. The minimum Gasteiger partial charge on any atom is -0.495 e.